The molecule has 0 aromatic rings. The van der Waals surface area contributed by atoms with Crippen LogP contribution in [-0.2, 0) is 9.53 Å². The largest absolute Gasteiger partial charge is 0.374 e. The van der Waals surface area contributed by atoms with E-state index in [-0.39, 0.29) is 5.78 Å². The maximum absolute atomic E-state index is 10.7. The van der Waals surface area contributed by atoms with Gasteiger partial charge in [0.2, 0.25) is 0 Å². The van der Waals surface area contributed by atoms with Crippen LogP contribution in [0.3, 0.4) is 0 Å². The number of carbonyl (C=O) groups excluding carboxylic acids is 1. The molecule has 0 saturated heterocycles. The summed E-state index contributed by atoms with van der Waals surface area (Å²) in [6.07, 6.45) is 1.62. The molecule has 0 aromatic carbocycles. The topological polar surface area (TPSA) is 26.3 Å². The minimum absolute atomic E-state index is 0.189. The van der Waals surface area contributed by atoms with Crippen molar-refractivity contribution in [2.45, 2.75) is 33.6 Å². The van der Waals surface area contributed by atoms with Crippen molar-refractivity contribution in [3.05, 3.63) is 0 Å². The van der Waals surface area contributed by atoms with Crippen LogP contribution in [0.2, 0.25) is 0 Å². The first-order valence-corrected chi connectivity index (χ1v) is 4.26. The van der Waals surface area contributed by atoms with E-state index in [1.165, 1.54) is 0 Å². The zero-order chi connectivity index (χ0) is 8.69. The molecule has 66 valence electrons. The third-order valence-corrected chi connectivity index (χ3v) is 1.50. The number of ether oxygens (including phenoxy) is 1. The maximum atomic E-state index is 10.7. The van der Waals surface area contributed by atoms with Gasteiger partial charge in [0, 0.05) is 13.0 Å². The fourth-order valence-corrected chi connectivity index (χ4v) is 0.607. The fraction of sp³-hybridized carbons (Fsp3) is 0.889. The monoisotopic (exact) mass is 158 g/mol. The van der Waals surface area contributed by atoms with E-state index in [0.29, 0.717) is 25.6 Å². The van der Waals surface area contributed by atoms with Gasteiger partial charge in [0.25, 0.3) is 0 Å². The first kappa shape index (κ1) is 10.6. The number of hydrogen-bond acceptors (Lipinski definition) is 2. The molecule has 0 unspecified atom stereocenters. The predicted molar refractivity (Wildman–Crippen MR) is 45.6 cm³/mol. The second-order valence-electron chi connectivity index (χ2n) is 3.13. The highest BCUT2D eigenvalue weighted by Gasteiger charge is 1.98. The molecule has 0 aromatic heterocycles. The van der Waals surface area contributed by atoms with Crippen LogP contribution in [0, 0.1) is 5.92 Å². The summed E-state index contributed by atoms with van der Waals surface area (Å²) in [6.45, 7) is 7.15. The lowest BCUT2D eigenvalue weighted by Crippen LogP contribution is -2.08. The summed E-state index contributed by atoms with van der Waals surface area (Å²) >= 11 is 0. The summed E-state index contributed by atoms with van der Waals surface area (Å²) in [5.74, 6) is 0.848. The minimum atomic E-state index is 0.189. The highest BCUT2D eigenvalue weighted by atomic mass is 16.5. The van der Waals surface area contributed by atoms with Gasteiger partial charge in [-0.15, -0.1) is 0 Å². The lowest BCUT2D eigenvalue weighted by Gasteiger charge is -2.04. The summed E-state index contributed by atoms with van der Waals surface area (Å²) in [4.78, 5) is 10.7. The fourth-order valence-electron chi connectivity index (χ4n) is 0.607. The molecule has 0 heterocycles. The number of hydrogen-bond donors (Lipinski definition) is 0. The Morgan fingerprint density at radius 3 is 2.55 bits per heavy atom. The van der Waals surface area contributed by atoms with Crippen molar-refractivity contribution in [2.24, 2.45) is 5.92 Å². The Bertz CT molecular complexity index is 108. The average Bonchev–Trinajstić information content (AvgIpc) is 1.97. The number of Topliss-reactive ketones (excluding diaryl/α,β-unsaturated/α-hetero) is 1. The molecule has 11 heavy (non-hydrogen) atoms. The van der Waals surface area contributed by atoms with Gasteiger partial charge in [-0.1, -0.05) is 20.8 Å². The minimum Gasteiger partial charge on any atom is -0.374 e. The zero-order valence-electron chi connectivity index (χ0n) is 7.72. The molecule has 0 radical (unpaired) electrons. The Kier molecular flexibility index (Phi) is 6.13. The summed E-state index contributed by atoms with van der Waals surface area (Å²) in [6, 6.07) is 0. The van der Waals surface area contributed by atoms with Gasteiger partial charge in [-0.3, -0.25) is 4.79 Å². The van der Waals surface area contributed by atoms with Crippen LogP contribution in [0.15, 0.2) is 0 Å². The third kappa shape index (κ3) is 7.53. The predicted octanol–water partition coefficient (Wildman–Crippen LogP) is 2.03. The van der Waals surface area contributed by atoms with E-state index in [9.17, 15) is 4.79 Å². The van der Waals surface area contributed by atoms with Crippen LogP contribution in [0.25, 0.3) is 0 Å². The highest BCUT2D eigenvalue weighted by Crippen LogP contribution is 1.98. The van der Waals surface area contributed by atoms with E-state index < -0.39 is 0 Å². The molecule has 0 bridgehead atoms. The molecule has 0 fully saturated rings. The molecule has 0 saturated carbocycles. The van der Waals surface area contributed by atoms with Gasteiger partial charge in [0.05, 0.1) is 0 Å². The summed E-state index contributed by atoms with van der Waals surface area (Å²) < 4.78 is 5.15. The van der Waals surface area contributed by atoms with Crippen molar-refractivity contribution in [3.8, 4) is 0 Å². The lowest BCUT2D eigenvalue weighted by atomic mass is 10.1. The number of carbonyl (C=O) groups is 1. The zero-order valence-corrected chi connectivity index (χ0v) is 7.72. The van der Waals surface area contributed by atoms with Crippen molar-refractivity contribution >= 4 is 5.78 Å². The normalized spacial score (nSPS) is 10.5. The van der Waals surface area contributed by atoms with E-state index in [2.05, 4.69) is 13.8 Å². The molecule has 0 amide bonds. The number of ketones is 1. The first-order chi connectivity index (χ1) is 5.16. The molecular formula is C9H18O2. The van der Waals surface area contributed by atoms with Gasteiger partial charge >= 0.3 is 0 Å². The van der Waals surface area contributed by atoms with Crippen molar-refractivity contribution in [1.82, 2.24) is 0 Å². The first-order valence-electron chi connectivity index (χ1n) is 4.26. The molecule has 2 nitrogen and oxygen atoms in total. The van der Waals surface area contributed by atoms with E-state index in [1.807, 2.05) is 6.92 Å². The Hall–Kier alpha value is -0.370. The van der Waals surface area contributed by atoms with Gasteiger partial charge in [-0.2, -0.15) is 0 Å². The Labute approximate surface area is 68.9 Å². The maximum Gasteiger partial charge on any atom is 0.158 e. The van der Waals surface area contributed by atoms with Crippen LogP contribution in [-0.4, -0.2) is 19.0 Å². The van der Waals surface area contributed by atoms with Gasteiger partial charge in [-0.25, -0.2) is 0 Å². The third-order valence-electron chi connectivity index (χ3n) is 1.50. The summed E-state index contributed by atoms with van der Waals surface area (Å²) in [7, 11) is 0. The van der Waals surface area contributed by atoms with Gasteiger partial charge in [0.1, 0.15) is 6.61 Å². The van der Waals surface area contributed by atoms with Crippen molar-refractivity contribution in [3.63, 3.8) is 0 Å². The molecule has 0 atom stereocenters. The van der Waals surface area contributed by atoms with Crippen molar-refractivity contribution in [1.29, 1.82) is 0 Å². The van der Waals surface area contributed by atoms with Gasteiger partial charge in [-0.05, 0) is 12.3 Å². The van der Waals surface area contributed by atoms with E-state index in [4.69, 9.17) is 4.74 Å². The van der Waals surface area contributed by atoms with E-state index >= 15 is 0 Å². The van der Waals surface area contributed by atoms with Crippen molar-refractivity contribution < 1.29 is 9.53 Å². The number of rotatable bonds is 6. The van der Waals surface area contributed by atoms with Crippen LogP contribution >= 0.6 is 0 Å². The van der Waals surface area contributed by atoms with E-state index in [1.54, 1.807) is 0 Å². The Balaban J connectivity index is 3.08. The van der Waals surface area contributed by atoms with Crippen LogP contribution in [0.1, 0.15) is 33.6 Å². The summed E-state index contributed by atoms with van der Waals surface area (Å²) in [5.41, 5.74) is 0. The molecule has 2 heteroatoms. The van der Waals surface area contributed by atoms with Gasteiger partial charge < -0.3 is 4.74 Å². The molecule has 0 spiro atoms. The molecule has 0 aliphatic carbocycles. The quantitative estimate of drug-likeness (QED) is 0.553. The Morgan fingerprint density at radius 1 is 1.45 bits per heavy atom. The second kappa shape index (κ2) is 6.35. The summed E-state index contributed by atoms with van der Waals surface area (Å²) in [5, 5.41) is 0. The van der Waals surface area contributed by atoms with Crippen LogP contribution < -0.4 is 0 Å². The molecular weight excluding hydrogens is 140 g/mol. The molecule has 0 aliphatic heterocycles. The standard InChI is InChI=1S/C9H18O2/c1-4-9(10)7-11-6-5-8(2)3/h8H,4-7H2,1-3H3. The van der Waals surface area contributed by atoms with E-state index in [0.717, 1.165) is 6.42 Å². The molecule has 0 N–H and O–H groups in total. The van der Waals surface area contributed by atoms with Gasteiger partial charge in [0.15, 0.2) is 5.78 Å². The lowest BCUT2D eigenvalue weighted by molar-refractivity contribution is -0.123. The van der Waals surface area contributed by atoms with Crippen LogP contribution in [0.5, 0.6) is 0 Å². The average molecular weight is 158 g/mol. The van der Waals surface area contributed by atoms with Crippen LogP contribution in [0.4, 0.5) is 0 Å². The smallest absolute Gasteiger partial charge is 0.158 e. The molecule has 0 aliphatic rings. The van der Waals surface area contributed by atoms with Crippen molar-refractivity contribution in [2.75, 3.05) is 13.2 Å². The SMILES string of the molecule is CCC(=O)COCCC(C)C. The Morgan fingerprint density at radius 2 is 2.09 bits per heavy atom. The second-order valence-corrected chi connectivity index (χ2v) is 3.13. The highest BCUT2D eigenvalue weighted by molar-refractivity contribution is 5.79. The molecule has 0 rings (SSSR count).